The molecular weight excluding hydrogens is 350 g/mol. The zero-order valence-electron chi connectivity index (χ0n) is 16.6. The van der Waals surface area contributed by atoms with Crippen molar-refractivity contribution in [2.75, 3.05) is 19.6 Å². The number of carbonyl (C=O) groups excluding carboxylic acids is 1. The first-order valence-electron chi connectivity index (χ1n) is 10.6. The molecule has 1 aromatic heterocycles. The summed E-state index contributed by atoms with van der Waals surface area (Å²) in [6, 6.07) is 9.87. The second-order valence-corrected chi connectivity index (χ2v) is 8.68. The van der Waals surface area contributed by atoms with Gasteiger partial charge in [0.1, 0.15) is 12.7 Å². The first-order chi connectivity index (χ1) is 13.7. The molecule has 6 heteroatoms. The van der Waals surface area contributed by atoms with E-state index in [1.165, 1.54) is 37.1 Å². The van der Waals surface area contributed by atoms with Gasteiger partial charge < -0.3 is 4.90 Å². The second-order valence-electron chi connectivity index (χ2n) is 8.68. The molecule has 1 amide bonds. The first-order valence-corrected chi connectivity index (χ1v) is 10.6. The Kier molecular flexibility index (Phi) is 4.67. The standard InChI is InChI=1S/C22H29N5O/c1-16-4-6-17(7-5-16)19-13-27(20(28)3-2-10-26-15-23-14-24-26)21-18-8-11-25(12-9-18)22(19)21/h4-7,14-15,18-19,21-22H,2-3,8-13H2,1H3/t19-,21+,22+/m0/s1. The number of fused-ring (bicyclic) bond motifs is 2. The summed E-state index contributed by atoms with van der Waals surface area (Å²) in [7, 11) is 0. The quantitative estimate of drug-likeness (QED) is 0.801. The number of benzene rings is 1. The maximum Gasteiger partial charge on any atom is 0.222 e. The van der Waals surface area contributed by atoms with Gasteiger partial charge >= 0.3 is 0 Å². The minimum absolute atomic E-state index is 0.318. The van der Waals surface area contributed by atoms with Crippen LogP contribution in [-0.2, 0) is 11.3 Å². The van der Waals surface area contributed by atoms with Crippen molar-refractivity contribution < 1.29 is 4.79 Å². The lowest BCUT2D eigenvalue weighted by atomic mass is 9.75. The molecule has 4 saturated heterocycles. The van der Waals surface area contributed by atoms with Crippen molar-refractivity contribution in [2.24, 2.45) is 5.92 Å². The summed E-state index contributed by atoms with van der Waals surface area (Å²) < 4.78 is 1.81. The number of hydrogen-bond donors (Lipinski definition) is 0. The Morgan fingerprint density at radius 3 is 2.64 bits per heavy atom. The van der Waals surface area contributed by atoms with Crippen LogP contribution in [0.2, 0.25) is 0 Å². The van der Waals surface area contributed by atoms with Gasteiger partial charge in [0.2, 0.25) is 5.91 Å². The molecule has 0 saturated carbocycles. The van der Waals surface area contributed by atoms with Crippen molar-refractivity contribution in [3.05, 3.63) is 48.0 Å². The molecule has 0 unspecified atom stereocenters. The van der Waals surface area contributed by atoms with E-state index >= 15 is 0 Å². The molecule has 6 nitrogen and oxygen atoms in total. The fraction of sp³-hybridized carbons (Fsp3) is 0.591. The molecule has 1 aromatic carbocycles. The lowest BCUT2D eigenvalue weighted by Crippen LogP contribution is -2.60. The summed E-state index contributed by atoms with van der Waals surface area (Å²) >= 11 is 0. The van der Waals surface area contributed by atoms with Gasteiger partial charge in [-0.2, -0.15) is 5.10 Å². The highest BCUT2D eigenvalue weighted by Gasteiger charge is 2.54. The van der Waals surface area contributed by atoms with E-state index in [1.807, 2.05) is 4.68 Å². The number of rotatable bonds is 5. The molecule has 2 bridgehead atoms. The van der Waals surface area contributed by atoms with Crippen molar-refractivity contribution in [3.8, 4) is 0 Å². The molecule has 0 spiro atoms. The summed E-state index contributed by atoms with van der Waals surface area (Å²) in [6.07, 6.45) is 7.16. The number of piperidine rings is 3. The Hall–Kier alpha value is -2.21. The number of carbonyl (C=O) groups is 1. The molecule has 0 radical (unpaired) electrons. The molecule has 0 aliphatic carbocycles. The zero-order chi connectivity index (χ0) is 19.1. The highest BCUT2D eigenvalue weighted by molar-refractivity contribution is 5.77. The largest absolute Gasteiger partial charge is 0.337 e. The van der Waals surface area contributed by atoms with Crippen molar-refractivity contribution in [1.29, 1.82) is 0 Å². The molecular formula is C22H29N5O. The van der Waals surface area contributed by atoms with Crippen LogP contribution in [0.15, 0.2) is 36.9 Å². The molecule has 0 N–H and O–H groups in total. The summed E-state index contributed by atoms with van der Waals surface area (Å²) in [5, 5.41) is 4.14. The van der Waals surface area contributed by atoms with Gasteiger partial charge in [0, 0.05) is 31.5 Å². The van der Waals surface area contributed by atoms with Gasteiger partial charge in [-0.15, -0.1) is 0 Å². The third-order valence-corrected chi connectivity index (χ3v) is 7.06. The van der Waals surface area contributed by atoms with Gasteiger partial charge in [-0.05, 0) is 50.8 Å². The Morgan fingerprint density at radius 2 is 1.93 bits per heavy atom. The van der Waals surface area contributed by atoms with Crippen LogP contribution in [0.1, 0.15) is 42.7 Å². The van der Waals surface area contributed by atoms with Crippen LogP contribution in [-0.4, -0.2) is 62.2 Å². The fourth-order valence-corrected chi connectivity index (χ4v) is 5.70. The number of aromatic nitrogens is 3. The van der Waals surface area contributed by atoms with E-state index in [4.69, 9.17) is 0 Å². The minimum atomic E-state index is 0.318. The van der Waals surface area contributed by atoms with E-state index in [9.17, 15) is 4.79 Å². The SMILES string of the molecule is Cc1ccc([C@@H]2CN(C(=O)CCCn3cncn3)[C@@H]3C4CCN(CC4)[C@@H]32)cc1. The number of nitrogens with zero attached hydrogens (tertiary/aromatic N) is 5. The lowest BCUT2D eigenvalue weighted by Gasteiger charge is -2.51. The molecule has 28 heavy (non-hydrogen) atoms. The maximum absolute atomic E-state index is 13.2. The Bertz CT molecular complexity index is 810. The molecule has 4 aliphatic heterocycles. The molecule has 2 aromatic rings. The van der Waals surface area contributed by atoms with Crippen LogP contribution >= 0.6 is 0 Å². The molecule has 148 valence electrons. The van der Waals surface area contributed by atoms with E-state index in [1.54, 1.807) is 12.7 Å². The van der Waals surface area contributed by atoms with Crippen LogP contribution in [0.3, 0.4) is 0 Å². The minimum Gasteiger partial charge on any atom is -0.337 e. The summed E-state index contributed by atoms with van der Waals surface area (Å²) in [5.41, 5.74) is 2.69. The van der Waals surface area contributed by atoms with E-state index < -0.39 is 0 Å². The maximum atomic E-state index is 13.2. The van der Waals surface area contributed by atoms with E-state index in [2.05, 4.69) is 51.1 Å². The van der Waals surface area contributed by atoms with Crippen molar-refractivity contribution in [1.82, 2.24) is 24.6 Å². The third-order valence-electron chi connectivity index (χ3n) is 7.06. The summed E-state index contributed by atoms with van der Waals surface area (Å²) in [5.74, 6) is 1.43. The number of aryl methyl sites for hydroxylation is 2. The number of hydrogen-bond acceptors (Lipinski definition) is 4. The van der Waals surface area contributed by atoms with E-state index in [0.29, 0.717) is 36.2 Å². The van der Waals surface area contributed by atoms with E-state index in [0.717, 1.165) is 19.5 Å². The first kappa shape index (κ1) is 17.9. The van der Waals surface area contributed by atoms with Crippen molar-refractivity contribution in [2.45, 2.75) is 57.2 Å². The molecule has 4 aliphatic rings. The van der Waals surface area contributed by atoms with Gasteiger partial charge in [0.25, 0.3) is 0 Å². The topological polar surface area (TPSA) is 54.3 Å². The zero-order valence-corrected chi connectivity index (χ0v) is 16.6. The van der Waals surface area contributed by atoms with Crippen molar-refractivity contribution in [3.63, 3.8) is 0 Å². The Labute approximate surface area is 166 Å². The molecule has 5 heterocycles. The van der Waals surface area contributed by atoms with Gasteiger partial charge in [-0.1, -0.05) is 29.8 Å². The van der Waals surface area contributed by atoms with Gasteiger partial charge in [0.05, 0.1) is 6.04 Å². The number of likely N-dealkylation sites (tertiary alicyclic amines) is 1. The van der Waals surface area contributed by atoms with Gasteiger partial charge in [-0.3, -0.25) is 14.4 Å². The molecule has 3 atom stereocenters. The van der Waals surface area contributed by atoms with Crippen LogP contribution in [0.4, 0.5) is 0 Å². The highest BCUT2D eigenvalue weighted by Crippen LogP contribution is 2.46. The highest BCUT2D eigenvalue weighted by atomic mass is 16.2. The lowest BCUT2D eigenvalue weighted by molar-refractivity contribution is -0.136. The van der Waals surface area contributed by atoms with Crippen LogP contribution in [0.25, 0.3) is 0 Å². The smallest absolute Gasteiger partial charge is 0.222 e. The average Bonchev–Trinajstić information content (AvgIpc) is 3.38. The second kappa shape index (κ2) is 7.32. The van der Waals surface area contributed by atoms with E-state index in [-0.39, 0.29) is 0 Å². The number of amides is 1. The molecule has 4 fully saturated rings. The summed E-state index contributed by atoms with van der Waals surface area (Å²) in [6.45, 7) is 6.15. The van der Waals surface area contributed by atoms with Crippen LogP contribution in [0.5, 0.6) is 0 Å². The van der Waals surface area contributed by atoms with Gasteiger partial charge in [-0.25, -0.2) is 4.98 Å². The van der Waals surface area contributed by atoms with Crippen molar-refractivity contribution >= 4 is 5.91 Å². The molecule has 6 rings (SSSR count). The Morgan fingerprint density at radius 1 is 1.14 bits per heavy atom. The predicted molar refractivity (Wildman–Crippen MR) is 107 cm³/mol. The van der Waals surface area contributed by atoms with Crippen LogP contribution < -0.4 is 0 Å². The summed E-state index contributed by atoms with van der Waals surface area (Å²) in [4.78, 5) is 22.1. The third kappa shape index (κ3) is 3.13. The fourth-order valence-electron chi connectivity index (χ4n) is 5.70. The van der Waals surface area contributed by atoms with Gasteiger partial charge in [0.15, 0.2) is 0 Å². The van der Waals surface area contributed by atoms with Crippen LogP contribution in [0, 0.1) is 12.8 Å². The normalized spacial score (nSPS) is 31.2. The Balaban J connectivity index is 1.34. The monoisotopic (exact) mass is 379 g/mol. The predicted octanol–water partition coefficient (Wildman–Crippen LogP) is 2.46. The average molecular weight is 380 g/mol.